The maximum atomic E-state index is 12.6. The average molecular weight is 1640 g/mol. The number of rotatable bonds is 36. The van der Waals surface area contributed by atoms with Gasteiger partial charge in [-0.1, -0.05) is 164 Å². The zero-order valence-corrected chi connectivity index (χ0v) is 71.2. The largest absolute Gasteiger partial charge is 0.390 e. The molecule has 1 aliphatic heterocycles. The molecule has 2 amide bonds. The first-order valence-electron chi connectivity index (χ1n) is 38.5. The van der Waals surface area contributed by atoms with Gasteiger partial charge in [-0.3, -0.25) is 24.2 Å². The smallest absolute Gasteiger partial charge is 0.265 e. The van der Waals surface area contributed by atoms with Crippen molar-refractivity contribution >= 4 is 113 Å². The quantitative estimate of drug-likeness (QED) is 0.0128. The summed E-state index contributed by atoms with van der Waals surface area (Å²) in [5, 5.41) is 107. The summed E-state index contributed by atoms with van der Waals surface area (Å²) < 4.78 is 22.9. The summed E-state index contributed by atoms with van der Waals surface area (Å²) in [6, 6.07) is 38.9. The van der Waals surface area contributed by atoms with Crippen LogP contribution < -0.4 is 10.6 Å². The first kappa shape index (κ1) is 96.3. The Balaban J connectivity index is 0.000000243. The fraction of sp³-hybridized carbons (Fsp3) is 0.483. The third kappa shape index (κ3) is 29.2. The summed E-state index contributed by atoms with van der Waals surface area (Å²) in [5.41, 5.74) is 8.44. The molecule has 12 N–H and O–H groups in total. The number of amides is 2. The number of para-hydroxylation sites is 1. The number of methoxy groups -OCH3 is 4. The highest BCUT2D eigenvalue weighted by Gasteiger charge is 2.39. The van der Waals surface area contributed by atoms with E-state index < -0.39 is 90.0 Å². The molecule has 5 aromatic carbocycles. The highest BCUT2D eigenvalue weighted by molar-refractivity contribution is 7.17. The zero-order valence-electron chi connectivity index (χ0n) is 70.4. The number of anilines is 2. The molecule has 1 aliphatic rings. The van der Waals surface area contributed by atoms with Crippen molar-refractivity contribution in [1.29, 1.82) is 0 Å². The Morgan fingerprint density at radius 1 is 0.496 bits per heavy atom. The predicted octanol–water partition coefficient (Wildman–Crippen LogP) is 11.3. The van der Waals surface area contributed by atoms with E-state index in [1.165, 1.54) is 56.1 Å². The van der Waals surface area contributed by atoms with E-state index in [-0.39, 0.29) is 90.9 Å². The molecule has 0 saturated carbocycles. The normalized spacial score (nSPS) is 15.9. The van der Waals surface area contributed by atoms with E-state index in [4.69, 9.17) is 38.3 Å². The second-order valence-corrected chi connectivity index (χ2v) is 33.1. The van der Waals surface area contributed by atoms with Crippen LogP contribution in [0.3, 0.4) is 0 Å². The SMILES string of the molecule is CO[C@H](/C(=N/OCC(=O)Cc1ccc2[nH]c(-c3ccccc3)cc2c1)[C@@H](O)[C@@H](C)O)C(C)(C)C.CO[C@H](/C(=N/OCC(=O)Cc1cccc2cc[nH]c12)[C@@H](O)[C@@H](C)O)C(C)(C)C.CO[C@H](/C(=N/OCC(=O)Nc1ccc2c(c1)N=CC2)[C@@H](O)[C@@H](C)O)C(C)(C)C.CO[C@H](/C(=N/OCC(=O)Nc1ccc2ccsc2c1)[C@@H](O)[C@@H](C)O)C(C)C. The Morgan fingerprint density at radius 3 is 1.48 bits per heavy atom. The van der Waals surface area contributed by atoms with Gasteiger partial charge in [0.15, 0.2) is 38.0 Å². The highest BCUT2D eigenvalue weighted by atomic mass is 32.1. The molecule has 12 atom stereocenters. The summed E-state index contributed by atoms with van der Waals surface area (Å²) in [6.45, 7) is 25.7. The van der Waals surface area contributed by atoms with Gasteiger partial charge in [0.25, 0.3) is 11.8 Å². The molecule has 4 heterocycles. The number of carbonyl (C=O) groups is 4. The van der Waals surface area contributed by atoms with Crippen LogP contribution in [-0.2, 0) is 76.7 Å². The van der Waals surface area contributed by atoms with Gasteiger partial charge < -0.3 is 99.8 Å². The first-order valence-corrected chi connectivity index (χ1v) is 39.4. The van der Waals surface area contributed by atoms with Crippen LogP contribution in [0.5, 0.6) is 0 Å². The van der Waals surface area contributed by atoms with Crippen molar-refractivity contribution in [2.45, 2.75) is 196 Å². The molecule has 638 valence electrons. The van der Waals surface area contributed by atoms with Crippen molar-refractivity contribution < 1.29 is 98.3 Å². The molecule has 0 radical (unpaired) electrons. The summed E-state index contributed by atoms with van der Waals surface area (Å²) in [4.78, 5) is 80.8. The predicted molar refractivity (Wildman–Crippen MR) is 458 cm³/mol. The maximum absolute atomic E-state index is 12.6. The van der Waals surface area contributed by atoms with Crippen LogP contribution in [0.2, 0.25) is 0 Å². The van der Waals surface area contributed by atoms with Gasteiger partial charge in [0.1, 0.15) is 71.7 Å². The number of H-pyrrole nitrogens is 2. The molecule has 0 bridgehead atoms. The Hall–Kier alpha value is -9.51. The maximum Gasteiger partial charge on any atom is 0.265 e. The van der Waals surface area contributed by atoms with Gasteiger partial charge in [0, 0.05) is 98.3 Å². The van der Waals surface area contributed by atoms with Crippen molar-refractivity contribution in [3.63, 3.8) is 0 Å². The number of hydrogen-bond acceptors (Lipinski definition) is 26. The molecule has 0 fully saturated rings. The van der Waals surface area contributed by atoms with E-state index in [1.54, 1.807) is 23.5 Å². The van der Waals surface area contributed by atoms with E-state index in [2.05, 4.69) is 52.3 Å². The number of aliphatic imine (C=N–C) groups is 1. The van der Waals surface area contributed by atoms with Gasteiger partial charge in [-0.2, -0.15) is 0 Å². The minimum absolute atomic E-state index is 0.00269. The number of hydrogen-bond donors (Lipinski definition) is 12. The first-order chi connectivity index (χ1) is 55.2. The lowest BCUT2D eigenvalue weighted by molar-refractivity contribution is -0.123. The number of aliphatic hydroxyl groups is 8. The van der Waals surface area contributed by atoms with Crippen LogP contribution in [0, 0.1) is 22.2 Å². The van der Waals surface area contributed by atoms with Gasteiger partial charge >= 0.3 is 0 Å². The second-order valence-electron chi connectivity index (χ2n) is 32.1. The number of benzene rings is 5. The molecule has 0 aliphatic carbocycles. The third-order valence-electron chi connectivity index (χ3n) is 18.5. The average Bonchev–Trinajstić information content (AvgIpc) is 1.78. The van der Waals surface area contributed by atoms with E-state index in [1.807, 2.05) is 197 Å². The van der Waals surface area contributed by atoms with Gasteiger partial charge in [0.05, 0.1) is 30.1 Å². The lowest BCUT2D eigenvalue weighted by Crippen LogP contribution is -2.46. The number of carbonyl (C=O) groups excluding carboxylic acids is 4. The standard InChI is InChI=1S/C27H34N2O5.C21H30N2O5.C20H29N3O5.C19H26N2O5S/c1-17(30)25(32)24(26(33-5)27(2,3)4)29-34-16-21(31)14-18-11-12-22-20(13-18)15-23(28-22)19-9-7-6-8-10-19;1-13(24)19(26)18(20(27-5)21(2,3)4)23-28-12-16(25)11-15-8-6-7-14-9-10-22-17(14)15;1-12(24)18(26)17(19(27-5)20(2,3)4)23-28-11-16(25)22-14-7-6-13-8-9-21-15(13)10-14;1-11(2)19(25-4)17(18(24)12(3)22)21-26-10-16(23)20-14-6-5-13-7-8-27-15(13)9-14/h6-13,15,17,25-26,28,30,32H,14,16H2,1-5H3;6-10,13,19-20,22,24,26H,11-12H2,1-5H3;6-7,9-10,12,18-19,24,26H,8,11H2,1-5H3,(H,22,25);5-9,11-12,18-19,22,24H,10H2,1-4H3,(H,20,23)/b29-24+;23-18+;23-17+;21-17+/t17-,25+,26-;13-,19+,20-;12-,18+,19-;12-,18+,19+/m1111/s1. The molecule has 9 rings (SSSR count). The lowest BCUT2D eigenvalue weighted by atomic mass is 9.83. The van der Waals surface area contributed by atoms with E-state index in [0.717, 1.165) is 71.9 Å². The minimum atomic E-state index is -1.28. The number of aliphatic hydroxyl groups excluding tert-OH is 8. The number of aromatic amines is 2. The van der Waals surface area contributed by atoms with Gasteiger partial charge in [-0.15, -0.1) is 11.3 Å². The fourth-order valence-corrected chi connectivity index (χ4v) is 13.5. The number of Topliss-reactive ketones (excluding diaryl/α,β-unsaturated/α-hetero) is 2. The number of fused-ring (bicyclic) bond motifs is 4. The van der Waals surface area contributed by atoms with Crippen molar-refractivity contribution in [2.24, 2.45) is 47.8 Å². The molecule has 0 unspecified atom stereocenters. The molecule has 0 saturated heterocycles. The Labute approximate surface area is 688 Å². The minimum Gasteiger partial charge on any atom is -0.390 e. The molecule has 30 heteroatoms. The summed E-state index contributed by atoms with van der Waals surface area (Å²) in [6.07, 6.45) is -6.75. The van der Waals surface area contributed by atoms with Crippen molar-refractivity contribution in [3.05, 3.63) is 150 Å². The van der Waals surface area contributed by atoms with Crippen LogP contribution in [0.4, 0.5) is 17.1 Å². The summed E-state index contributed by atoms with van der Waals surface area (Å²) in [7, 11) is 5.99. The molecule has 8 aromatic rings. The number of nitrogens with one attached hydrogen (secondary N) is 4. The van der Waals surface area contributed by atoms with Crippen LogP contribution in [0.1, 0.15) is 121 Å². The van der Waals surface area contributed by atoms with Crippen LogP contribution in [-0.4, -0.2) is 231 Å². The number of nitrogens with zero attached hydrogens (tertiary/aromatic N) is 5. The van der Waals surface area contributed by atoms with E-state index >= 15 is 0 Å². The Bertz CT molecular complexity index is 4640. The number of ether oxygens (including phenoxy) is 4. The summed E-state index contributed by atoms with van der Waals surface area (Å²) >= 11 is 1.59. The second kappa shape index (κ2) is 45.4. The molecule has 117 heavy (non-hydrogen) atoms. The fourth-order valence-electron chi connectivity index (χ4n) is 12.7. The molecule has 3 aromatic heterocycles. The molecular formula is C87H119N9O20S. The number of oxime groups is 4. The van der Waals surface area contributed by atoms with Crippen LogP contribution >= 0.6 is 11.3 Å². The molecular weight excluding hydrogens is 1520 g/mol. The zero-order chi connectivity index (χ0) is 86.6. The number of thiophene rings is 1. The van der Waals surface area contributed by atoms with Crippen molar-refractivity contribution in [1.82, 2.24) is 9.97 Å². The number of aromatic nitrogens is 2. The van der Waals surface area contributed by atoms with Gasteiger partial charge in [0.2, 0.25) is 0 Å². The van der Waals surface area contributed by atoms with Crippen LogP contribution in [0.15, 0.2) is 159 Å². The summed E-state index contributed by atoms with van der Waals surface area (Å²) in [5.74, 6) is -1.09. The van der Waals surface area contributed by atoms with Crippen molar-refractivity contribution in [2.75, 3.05) is 65.5 Å². The van der Waals surface area contributed by atoms with E-state index in [0.29, 0.717) is 11.4 Å². The highest BCUT2D eigenvalue weighted by Crippen LogP contribution is 2.32. The molecule has 29 nitrogen and oxygen atoms in total. The topological polar surface area (TPSA) is 421 Å². The Morgan fingerprint density at radius 2 is 0.983 bits per heavy atom. The third-order valence-corrected chi connectivity index (χ3v) is 19.3. The number of ketones is 2. The Kier molecular flexibility index (Phi) is 37.4. The monoisotopic (exact) mass is 1640 g/mol. The van der Waals surface area contributed by atoms with Gasteiger partial charge in [-0.25, -0.2) is 0 Å². The van der Waals surface area contributed by atoms with Gasteiger partial charge in [-0.05, 0) is 143 Å². The van der Waals surface area contributed by atoms with E-state index in [9.17, 15) is 60.0 Å². The van der Waals surface area contributed by atoms with Crippen molar-refractivity contribution in [3.8, 4) is 11.3 Å². The molecule has 0 spiro atoms. The lowest BCUT2D eigenvalue weighted by Gasteiger charge is -2.32. The van der Waals surface area contributed by atoms with Crippen LogP contribution in [0.25, 0.3) is 43.1 Å².